The summed E-state index contributed by atoms with van der Waals surface area (Å²) in [6, 6.07) is 10.7. The Balaban J connectivity index is 2.16. The molecular weight excluding hydrogens is 340 g/mol. The number of hydrazine groups is 1. The number of ether oxygens (including phenoxy) is 1. The minimum atomic E-state index is -0.628. The molecule has 0 aliphatic carbocycles. The van der Waals surface area contributed by atoms with Crippen LogP contribution in [-0.4, -0.2) is 28.4 Å². The van der Waals surface area contributed by atoms with Crippen molar-refractivity contribution in [3.8, 4) is 5.75 Å². The van der Waals surface area contributed by atoms with E-state index in [1.807, 2.05) is 5.43 Å². The Morgan fingerprint density at radius 3 is 2.62 bits per heavy atom. The van der Waals surface area contributed by atoms with Crippen LogP contribution in [0.3, 0.4) is 0 Å². The van der Waals surface area contributed by atoms with Gasteiger partial charge in [-0.15, -0.1) is 0 Å². The molecule has 1 amide bonds. The summed E-state index contributed by atoms with van der Waals surface area (Å²) in [6.45, 7) is 0. The maximum Gasteiger partial charge on any atom is 0.311 e. The van der Waals surface area contributed by atoms with Crippen molar-refractivity contribution in [2.24, 2.45) is 5.84 Å². The summed E-state index contributed by atoms with van der Waals surface area (Å²) < 4.78 is 6.20. The monoisotopic (exact) mass is 354 g/mol. The molecule has 9 heteroatoms. The maximum atomic E-state index is 12.9. The van der Waals surface area contributed by atoms with E-state index in [-0.39, 0.29) is 22.6 Å². The fourth-order valence-electron chi connectivity index (χ4n) is 2.71. The lowest BCUT2D eigenvalue weighted by Gasteiger charge is -2.06. The number of nitrogens with one attached hydrogen (secondary N) is 1. The van der Waals surface area contributed by atoms with Gasteiger partial charge in [0.15, 0.2) is 5.75 Å². The topological polar surface area (TPSA) is 129 Å². The first-order valence-corrected chi connectivity index (χ1v) is 7.46. The normalized spacial score (nSPS) is 10.5. The van der Waals surface area contributed by atoms with Crippen LogP contribution in [-0.2, 0) is 0 Å². The van der Waals surface area contributed by atoms with Gasteiger partial charge in [0.25, 0.3) is 11.8 Å². The number of fused-ring (bicyclic) bond motifs is 1. The number of nitrogens with two attached hydrogens (primary N) is 1. The van der Waals surface area contributed by atoms with Gasteiger partial charge in [-0.25, -0.2) is 5.84 Å². The third-order valence-corrected chi connectivity index (χ3v) is 3.93. The van der Waals surface area contributed by atoms with Gasteiger partial charge < -0.3 is 4.74 Å². The fraction of sp³-hybridized carbons (Fsp3) is 0.0588. The van der Waals surface area contributed by atoms with Crippen LogP contribution in [0, 0.1) is 10.1 Å². The second kappa shape index (κ2) is 6.65. The van der Waals surface area contributed by atoms with Crippen molar-refractivity contribution in [1.82, 2.24) is 9.99 Å². The van der Waals surface area contributed by atoms with Crippen LogP contribution in [0.4, 0.5) is 5.69 Å². The molecule has 0 aliphatic rings. The quantitative estimate of drug-likeness (QED) is 0.318. The molecule has 132 valence electrons. The van der Waals surface area contributed by atoms with E-state index in [1.54, 1.807) is 24.3 Å². The van der Waals surface area contributed by atoms with Crippen LogP contribution in [0.1, 0.15) is 20.7 Å². The van der Waals surface area contributed by atoms with Crippen molar-refractivity contribution < 1.29 is 19.2 Å². The van der Waals surface area contributed by atoms with Crippen LogP contribution in [0.2, 0.25) is 0 Å². The summed E-state index contributed by atoms with van der Waals surface area (Å²) in [5.74, 6) is 4.17. The summed E-state index contributed by atoms with van der Waals surface area (Å²) in [5, 5.41) is 11.7. The van der Waals surface area contributed by atoms with Gasteiger partial charge in [0, 0.05) is 23.2 Å². The summed E-state index contributed by atoms with van der Waals surface area (Å²) in [7, 11) is 1.31. The van der Waals surface area contributed by atoms with Gasteiger partial charge in [0.1, 0.15) is 0 Å². The molecule has 1 aromatic heterocycles. The largest absolute Gasteiger partial charge is 0.490 e. The van der Waals surface area contributed by atoms with Gasteiger partial charge in [0.05, 0.1) is 23.1 Å². The fourth-order valence-corrected chi connectivity index (χ4v) is 2.71. The van der Waals surface area contributed by atoms with Crippen LogP contribution in [0.25, 0.3) is 10.9 Å². The predicted octanol–water partition coefficient (Wildman–Crippen LogP) is 1.85. The standard InChI is InChI=1S/C17H14N4O5/c1-26-15-7-6-10(8-14(15)21(24)25)17(23)20-9-12(16(22)19-18)11-4-2-3-5-13(11)20/h2-9H,18H2,1H3,(H,19,22). The Morgan fingerprint density at radius 1 is 1.23 bits per heavy atom. The number of amides is 1. The number of benzene rings is 2. The zero-order chi connectivity index (χ0) is 18.8. The highest BCUT2D eigenvalue weighted by atomic mass is 16.6. The lowest BCUT2D eigenvalue weighted by Crippen LogP contribution is -2.29. The van der Waals surface area contributed by atoms with E-state index in [1.165, 1.54) is 30.0 Å². The van der Waals surface area contributed by atoms with Crippen LogP contribution in [0.5, 0.6) is 5.75 Å². The Morgan fingerprint density at radius 2 is 1.96 bits per heavy atom. The second-order valence-electron chi connectivity index (χ2n) is 5.35. The molecule has 3 rings (SSSR count). The van der Waals surface area contributed by atoms with Crippen LogP contribution in [0.15, 0.2) is 48.7 Å². The lowest BCUT2D eigenvalue weighted by atomic mass is 10.1. The number of rotatable bonds is 4. The molecular formula is C17H14N4O5. The maximum absolute atomic E-state index is 12.9. The van der Waals surface area contributed by atoms with E-state index >= 15 is 0 Å². The number of nitrogens with zero attached hydrogens (tertiary/aromatic N) is 2. The van der Waals surface area contributed by atoms with E-state index < -0.39 is 16.7 Å². The number of aromatic nitrogens is 1. The van der Waals surface area contributed by atoms with E-state index in [2.05, 4.69) is 0 Å². The molecule has 0 fully saturated rings. The van der Waals surface area contributed by atoms with E-state index in [9.17, 15) is 19.7 Å². The van der Waals surface area contributed by atoms with Crippen LogP contribution < -0.4 is 16.0 Å². The molecule has 0 radical (unpaired) electrons. The van der Waals surface area contributed by atoms with Gasteiger partial charge in [-0.05, 0) is 18.2 Å². The van der Waals surface area contributed by atoms with Gasteiger partial charge in [0.2, 0.25) is 0 Å². The molecule has 3 N–H and O–H groups in total. The number of nitro benzene ring substituents is 1. The molecule has 26 heavy (non-hydrogen) atoms. The second-order valence-corrected chi connectivity index (χ2v) is 5.35. The van der Waals surface area contributed by atoms with Gasteiger partial charge in [-0.3, -0.25) is 29.7 Å². The Bertz CT molecular complexity index is 1040. The van der Waals surface area contributed by atoms with Crippen LogP contribution >= 0.6 is 0 Å². The molecule has 0 unspecified atom stereocenters. The number of hydrogen-bond acceptors (Lipinski definition) is 6. The van der Waals surface area contributed by atoms with Gasteiger partial charge in [-0.2, -0.15) is 0 Å². The Hall–Kier alpha value is -3.72. The number of nitrogen functional groups attached to an aromatic ring is 1. The molecule has 0 aliphatic heterocycles. The number of nitro groups is 1. The van der Waals surface area contributed by atoms with Crippen molar-refractivity contribution in [2.45, 2.75) is 0 Å². The van der Waals surface area contributed by atoms with Gasteiger partial charge >= 0.3 is 5.69 Å². The van der Waals surface area contributed by atoms with E-state index in [0.717, 1.165) is 6.07 Å². The number of hydrogen-bond donors (Lipinski definition) is 2. The lowest BCUT2D eigenvalue weighted by molar-refractivity contribution is -0.385. The smallest absolute Gasteiger partial charge is 0.311 e. The third kappa shape index (κ3) is 2.76. The molecule has 3 aromatic rings. The minimum Gasteiger partial charge on any atom is -0.490 e. The minimum absolute atomic E-state index is 0.0483. The molecule has 2 aromatic carbocycles. The van der Waals surface area contributed by atoms with Crippen molar-refractivity contribution in [3.63, 3.8) is 0 Å². The molecule has 0 bridgehead atoms. The number of carbonyl (C=O) groups is 2. The molecule has 0 saturated carbocycles. The van der Waals surface area contributed by atoms with Gasteiger partial charge in [-0.1, -0.05) is 18.2 Å². The zero-order valence-corrected chi connectivity index (χ0v) is 13.6. The van der Waals surface area contributed by atoms with E-state index in [0.29, 0.717) is 10.9 Å². The zero-order valence-electron chi connectivity index (χ0n) is 13.6. The van der Waals surface area contributed by atoms with Crippen molar-refractivity contribution in [2.75, 3.05) is 7.11 Å². The summed E-state index contributed by atoms with van der Waals surface area (Å²) >= 11 is 0. The number of methoxy groups -OCH3 is 1. The highest BCUT2D eigenvalue weighted by Crippen LogP contribution is 2.29. The SMILES string of the molecule is COc1ccc(C(=O)n2cc(C(=O)NN)c3ccccc32)cc1[N+](=O)[O-]. The first kappa shape index (κ1) is 17.1. The molecule has 0 atom stereocenters. The average molecular weight is 354 g/mol. The number of carbonyl (C=O) groups excluding carboxylic acids is 2. The van der Waals surface area contributed by atoms with E-state index in [4.69, 9.17) is 10.6 Å². The summed E-state index contributed by atoms with van der Waals surface area (Å²) in [6.07, 6.45) is 1.35. The van der Waals surface area contributed by atoms with Crippen molar-refractivity contribution in [1.29, 1.82) is 0 Å². The summed E-state index contributed by atoms with van der Waals surface area (Å²) in [4.78, 5) is 35.4. The van der Waals surface area contributed by atoms with Crippen molar-refractivity contribution >= 4 is 28.4 Å². The Labute approximate surface area is 147 Å². The average Bonchev–Trinajstić information content (AvgIpc) is 3.06. The summed E-state index contributed by atoms with van der Waals surface area (Å²) in [5.41, 5.74) is 2.50. The molecule has 1 heterocycles. The number of para-hydroxylation sites is 1. The molecule has 0 saturated heterocycles. The Kier molecular flexibility index (Phi) is 4.38. The highest BCUT2D eigenvalue weighted by Gasteiger charge is 2.22. The molecule has 0 spiro atoms. The van der Waals surface area contributed by atoms with Crippen molar-refractivity contribution in [3.05, 3.63) is 69.9 Å². The first-order chi connectivity index (χ1) is 12.5. The first-order valence-electron chi connectivity index (χ1n) is 7.46. The third-order valence-electron chi connectivity index (χ3n) is 3.93. The highest BCUT2D eigenvalue weighted by molar-refractivity contribution is 6.11. The molecule has 9 nitrogen and oxygen atoms in total. The predicted molar refractivity (Wildman–Crippen MR) is 93.0 cm³/mol.